The first kappa shape index (κ1) is 15.1. The van der Waals surface area contributed by atoms with Gasteiger partial charge < -0.3 is 15.8 Å². The van der Waals surface area contributed by atoms with Crippen LogP contribution in [0, 0.1) is 0 Å². The van der Waals surface area contributed by atoms with Crippen molar-refractivity contribution in [3.05, 3.63) is 28.8 Å². The van der Waals surface area contributed by atoms with Gasteiger partial charge in [-0.2, -0.15) is 0 Å². The van der Waals surface area contributed by atoms with Gasteiger partial charge in [0.25, 0.3) is 5.91 Å². The normalized spacial score (nSPS) is 16.9. The van der Waals surface area contributed by atoms with Crippen LogP contribution in [-0.2, 0) is 4.79 Å². The average Bonchev–Trinajstić information content (AvgIpc) is 2.90. The molecule has 1 aliphatic rings. The van der Waals surface area contributed by atoms with Crippen molar-refractivity contribution in [1.82, 2.24) is 5.32 Å². The highest BCUT2D eigenvalue weighted by molar-refractivity contribution is 6.30. The number of carbonyl (C=O) groups excluding carboxylic acids is 1. The second-order valence-corrected chi connectivity index (χ2v) is 5.74. The van der Waals surface area contributed by atoms with E-state index in [4.69, 9.17) is 22.1 Å². The van der Waals surface area contributed by atoms with Gasteiger partial charge in [-0.3, -0.25) is 4.79 Å². The molecule has 3 N–H and O–H groups in total. The molecule has 5 heteroatoms. The van der Waals surface area contributed by atoms with Crippen LogP contribution >= 0.6 is 11.6 Å². The molecule has 0 radical (unpaired) electrons. The van der Waals surface area contributed by atoms with Crippen molar-refractivity contribution in [2.75, 3.05) is 6.61 Å². The summed E-state index contributed by atoms with van der Waals surface area (Å²) in [7, 11) is 0. The van der Waals surface area contributed by atoms with Crippen molar-refractivity contribution in [3.8, 4) is 5.75 Å². The van der Waals surface area contributed by atoms with Gasteiger partial charge in [-0.05, 0) is 38.0 Å². The highest BCUT2D eigenvalue weighted by Gasteiger charge is 2.17. The Morgan fingerprint density at radius 2 is 2.20 bits per heavy atom. The zero-order valence-electron chi connectivity index (χ0n) is 11.7. The van der Waals surface area contributed by atoms with E-state index in [-0.39, 0.29) is 18.6 Å². The van der Waals surface area contributed by atoms with Crippen molar-refractivity contribution >= 4 is 17.5 Å². The van der Waals surface area contributed by atoms with E-state index in [2.05, 4.69) is 5.32 Å². The second-order valence-electron chi connectivity index (χ2n) is 5.31. The number of carbonyl (C=O) groups is 1. The minimum Gasteiger partial charge on any atom is -0.483 e. The molecular formula is C15H21ClN2O2. The molecule has 1 aromatic rings. The van der Waals surface area contributed by atoms with E-state index < -0.39 is 0 Å². The summed E-state index contributed by atoms with van der Waals surface area (Å²) in [6.45, 7) is 1.87. The number of nitrogens with two attached hydrogens (primary N) is 1. The van der Waals surface area contributed by atoms with Crippen LogP contribution in [0.5, 0.6) is 5.75 Å². The number of rotatable bonds is 5. The number of hydrogen-bond donors (Lipinski definition) is 2. The highest BCUT2D eigenvalue weighted by atomic mass is 35.5. The minimum atomic E-state index is -0.193. The van der Waals surface area contributed by atoms with Gasteiger partial charge in [0.2, 0.25) is 0 Å². The lowest BCUT2D eigenvalue weighted by Gasteiger charge is -2.16. The number of ether oxygens (including phenoxy) is 1. The minimum absolute atomic E-state index is 0.0118. The Morgan fingerprint density at radius 1 is 1.50 bits per heavy atom. The molecule has 0 bridgehead atoms. The predicted molar refractivity (Wildman–Crippen MR) is 79.9 cm³/mol. The molecule has 1 fully saturated rings. The molecule has 2 rings (SSSR count). The molecule has 1 aromatic carbocycles. The van der Waals surface area contributed by atoms with Crippen molar-refractivity contribution in [1.29, 1.82) is 0 Å². The van der Waals surface area contributed by atoms with E-state index in [1.807, 2.05) is 6.92 Å². The third kappa shape index (κ3) is 4.12. The second kappa shape index (κ2) is 6.95. The van der Waals surface area contributed by atoms with Gasteiger partial charge in [0.05, 0.1) is 0 Å². The molecule has 0 aromatic heterocycles. The standard InChI is InChI=1S/C15H21ClN2O2/c1-10(17)13-8-11(16)6-7-14(13)20-9-15(19)18-12-4-2-3-5-12/h6-8,10,12H,2-5,9,17H2,1H3,(H,18,19)/t10-/m1/s1. The molecule has 0 spiro atoms. The van der Waals surface area contributed by atoms with Crippen LogP contribution in [0.4, 0.5) is 0 Å². The first-order chi connectivity index (χ1) is 9.56. The van der Waals surface area contributed by atoms with Crippen molar-refractivity contribution in [3.63, 3.8) is 0 Å². The Bertz CT molecular complexity index is 471. The Hall–Kier alpha value is -1.26. The van der Waals surface area contributed by atoms with Crippen LogP contribution in [0.25, 0.3) is 0 Å². The summed E-state index contributed by atoms with van der Waals surface area (Å²) >= 11 is 5.95. The molecule has 1 amide bonds. The fraction of sp³-hybridized carbons (Fsp3) is 0.533. The topological polar surface area (TPSA) is 64.3 Å². The van der Waals surface area contributed by atoms with Gasteiger partial charge in [-0.1, -0.05) is 24.4 Å². The van der Waals surface area contributed by atoms with Crippen LogP contribution in [-0.4, -0.2) is 18.6 Å². The summed E-state index contributed by atoms with van der Waals surface area (Å²) in [4.78, 5) is 11.8. The lowest BCUT2D eigenvalue weighted by Crippen LogP contribution is -2.36. The molecule has 110 valence electrons. The smallest absolute Gasteiger partial charge is 0.258 e. The largest absolute Gasteiger partial charge is 0.483 e. The van der Waals surface area contributed by atoms with Gasteiger partial charge in [0.15, 0.2) is 6.61 Å². The molecule has 20 heavy (non-hydrogen) atoms. The summed E-state index contributed by atoms with van der Waals surface area (Å²) in [6.07, 6.45) is 4.52. The van der Waals surface area contributed by atoms with Gasteiger partial charge in [0, 0.05) is 22.7 Å². The van der Waals surface area contributed by atoms with E-state index in [1.165, 1.54) is 12.8 Å². The van der Waals surface area contributed by atoms with Gasteiger partial charge in [-0.15, -0.1) is 0 Å². The maximum atomic E-state index is 11.8. The van der Waals surface area contributed by atoms with Crippen molar-refractivity contribution in [2.24, 2.45) is 5.73 Å². The Labute approximate surface area is 124 Å². The van der Waals surface area contributed by atoms with E-state index in [1.54, 1.807) is 18.2 Å². The van der Waals surface area contributed by atoms with Crippen LogP contribution in [0.2, 0.25) is 5.02 Å². The summed E-state index contributed by atoms with van der Waals surface area (Å²) < 4.78 is 5.57. The van der Waals surface area contributed by atoms with Crippen LogP contribution in [0.3, 0.4) is 0 Å². The zero-order chi connectivity index (χ0) is 14.5. The SMILES string of the molecule is C[C@@H](N)c1cc(Cl)ccc1OCC(=O)NC1CCCC1. The van der Waals surface area contributed by atoms with E-state index >= 15 is 0 Å². The lowest BCUT2D eigenvalue weighted by molar-refractivity contribution is -0.123. The van der Waals surface area contributed by atoms with E-state index in [0.29, 0.717) is 16.8 Å². The Morgan fingerprint density at radius 3 is 2.85 bits per heavy atom. The molecule has 1 saturated carbocycles. The highest BCUT2D eigenvalue weighted by Crippen LogP contribution is 2.27. The van der Waals surface area contributed by atoms with Gasteiger partial charge in [0.1, 0.15) is 5.75 Å². The predicted octanol–water partition coefficient (Wildman–Crippen LogP) is 2.80. The molecule has 0 unspecified atom stereocenters. The monoisotopic (exact) mass is 296 g/mol. The number of hydrogen-bond acceptors (Lipinski definition) is 3. The first-order valence-corrected chi connectivity index (χ1v) is 7.41. The fourth-order valence-corrected chi connectivity index (χ4v) is 2.67. The van der Waals surface area contributed by atoms with Crippen LogP contribution < -0.4 is 15.8 Å². The van der Waals surface area contributed by atoms with Crippen molar-refractivity contribution in [2.45, 2.75) is 44.7 Å². The van der Waals surface area contributed by atoms with E-state index in [0.717, 1.165) is 18.4 Å². The molecule has 0 saturated heterocycles. The Balaban J connectivity index is 1.91. The molecule has 1 aliphatic carbocycles. The number of amides is 1. The number of halogens is 1. The zero-order valence-corrected chi connectivity index (χ0v) is 12.5. The fourth-order valence-electron chi connectivity index (χ4n) is 2.49. The summed E-state index contributed by atoms with van der Waals surface area (Å²) in [5.74, 6) is 0.536. The third-order valence-corrected chi connectivity index (χ3v) is 3.78. The molecule has 0 aliphatic heterocycles. The molecule has 0 heterocycles. The Kier molecular flexibility index (Phi) is 5.26. The molecule has 4 nitrogen and oxygen atoms in total. The maximum Gasteiger partial charge on any atom is 0.258 e. The van der Waals surface area contributed by atoms with Gasteiger partial charge >= 0.3 is 0 Å². The quantitative estimate of drug-likeness (QED) is 0.878. The lowest BCUT2D eigenvalue weighted by atomic mass is 10.1. The van der Waals surface area contributed by atoms with Gasteiger partial charge in [-0.25, -0.2) is 0 Å². The summed E-state index contributed by atoms with van der Waals surface area (Å²) in [5, 5.41) is 3.60. The van der Waals surface area contributed by atoms with Crippen molar-refractivity contribution < 1.29 is 9.53 Å². The number of nitrogens with one attached hydrogen (secondary N) is 1. The average molecular weight is 297 g/mol. The summed E-state index contributed by atoms with van der Waals surface area (Å²) in [6, 6.07) is 5.38. The molecular weight excluding hydrogens is 276 g/mol. The molecule has 1 atom stereocenters. The number of benzene rings is 1. The first-order valence-electron chi connectivity index (χ1n) is 7.03. The summed E-state index contributed by atoms with van der Waals surface area (Å²) in [5.41, 5.74) is 6.69. The van der Waals surface area contributed by atoms with Crippen LogP contribution in [0.15, 0.2) is 18.2 Å². The third-order valence-electron chi connectivity index (χ3n) is 3.54. The van der Waals surface area contributed by atoms with E-state index in [9.17, 15) is 4.79 Å². The van der Waals surface area contributed by atoms with Crippen LogP contribution in [0.1, 0.15) is 44.2 Å². The maximum absolute atomic E-state index is 11.8.